The van der Waals surface area contributed by atoms with Gasteiger partial charge < -0.3 is 5.73 Å². The normalized spacial score (nSPS) is 11.2. The fraction of sp³-hybridized carbons (Fsp3) is 0.143. The standard InChI is InChI=1S/C14H15FN2O2S/c15-12-8-13(16)10-14(9-12)17-20(18,19)7-6-11-4-2-1-3-5-11/h1-5,8-10,17H,6-7,16H2. The molecule has 0 bridgehead atoms. The van der Waals surface area contributed by atoms with Gasteiger partial charge in [0.15, 0.2) is 0 Å². The first kappa shape index (κ1) is 14.3. The molecule has 2 rings (SSSR count). The molecule has 0 heterocycles. The molecule has 0 amide bonds. The smallest absolute Gasteiger partial charge is 0.233 e. The lowest BCUT2D eigenvalue weighted by molar-refractivity contribution is 0.600. The van der Waals surface area contributed by atoms with E-state index in [2.05, 4.69) is 4.72 Å². The highest BCUT2D eigenvalue weighted by atomic mass is 32.2. The maximum absolute atomic E-state index is 13.1. The van der Waals surface area contributed by atoms with Gasteiger partial charge >= 0.3 is 0 Å². The molecule has 20 heavy (non-hydrogen) atoms. The fourth-order valence-electron chi connectivity index (χ4n) is 1.80. The highest BCUT2D eigenvalue weighted by molar-refractivity contribution is 7.92. The van der Waals surface area contributed by atoms with Gasteiger partial charge in [-0.05, 0) is 30.2 Å². The van der Waals surface area contributed by atoms with Gasteiger partial charge in [-0.2, -0.15) is 0 Å². The summed E-state index contributed by atoms with van der Waals surface area (Å²) in [5.41, 5.74) is 6.70. The van der Waals surface area contributed by atoms with E-state index in [1.165, 1.54) is 6.07 Å². The van der Waals surface area contributed by atoms with Gasteiger partial charge in [0, 0.05) is 5.69 Å². The summed E-state index contributed by atoms with van der Waals surface area (Å²) in [5.74, 6) is -0.654. The molecule has 0 spiro atoms. The Morgan fingerprint density at radius 2 is 1.80 bits per heavy atom. The Kier molecular flexibility index (Phi) is 4.24. The van der Waals surface area contributed by atoms with Crippen LogP contribution in [0.4, 0.5) is 15.8 Å². The number of hydrogen-bond donors (Lipinski definition) is 2. The Balaban J connectivity index is 2.04. The second-order valence-corrected chi connectivity index (χ2v) is 6.27. The molecule has 0 saturated carbocycles. The molecule has 3 N–H and O–H groups in total. The van der Waals surface area contributed by atoms with E-state index >= 15 is 0 Å². The summed E-state index contributed by atoms with van der Waals surface area (Å²) < 4.78 is 39.3. The summed E-state index contributed by atoms with van der Waals surface area (Å²) in [6.07, 6.45) is 0.390. The average Bonchev–Trinajstić information content (AvgIpc) is 2.36. The number of hydrogen-bond acceptors (Lipinski definition) is 3. The van der Waals surface area contributed by atoms with Crippen LogP contribution in [0.3, 0.4) is 0 Å². The van der Waals surface area contributed by atoms with Crippen LogP contribution in [0, 0.1) is 5.82 Å². The quantitative estimate of drug-likeness (QED) is 0.832. The van der Waals surface area contributed by atoms with Crippen LogP contribution in [0.1, 0.15) is 5.56 Å². The molecule has 106 valence electrons. The molecule has 4 nitrogen and oxygen atoms in total. The van der Waals surface area contributed by atoms with Gasteiger partial charge in [0.05, 0.1) is 11.4 Å². The minimum atomic E-state index is -3.54. The second-order valence-electron chi connectivity index (χ2n) is 4.43. The lowest BCUT2D eigenvalue weighted by Crippen LogP contribution is -2.18. The number of anilines is 2. The molecule has 0 aromatic heterocycles. The minimum absolute atomic E-state index is 0.0760. The molecule has 0 aliphatic carbocycles. The lowest BCUT2D eigenvalue weighted by Gasteiger charge is -2.09. The van der Waals surface area contributed by atoms with Crippen molar-refractivity contribution in [2.75, 3.05) is 16.2 Å². The van der Waals surface area contributed by atoms with E-state index in [4.69, 9.17) is 5.73 Å². The molecule has 6 heteroatoms. The molecule has 2 aromatic carbocycles. The van der Waals surface area contributed by atoms with E-state index in [0.717, 1.165) is 17.7 Å². The van der Waals surface area contributed by atoms with Gasteiger partial charge in [-0.15, -0.1) is 0 Å². The van der Waals surface area contributed by atoms with E-state index in [-0.39, 0.29) is 17.1 Å². The summed E-state index contributed by atoms with van der Waals surface area (Å²) in [6.45, 7) is 0. The van der Waals surface area contributed by atoms with Crippen LogP contribution in [-0.4, -0.2) is 14.2 Å². The van der Waals surface area contributed by atoms with Crippen molar-refractivity contribution in [3.05, 3.63) is 59.9 Å². The highest BCUT2D eigenvalue weighted by Crippen LogP contribution is 2.17. The molecule has 0 radical (unpaired) electrons. The Hall–Kier alpha value is -2.08. The SMILES string of the molecule is Nc1cc(F)cc(NS(=O)(=O)CCc2ccccc2)c1. The Bertz CT molecular complexity index is 667. The first-order chi connectivity index (χ1) is 9.44. The fourth-order valence-corrected chi connectivity index (χ4v) is 2.88. The van der Waals surface area contributed by atoms with E-state index < -0.39 is 15.8 Å². The zero-order chi connectivity index (χ0) is 14.6. The van der Waals surface area contributed by atoms with Crippen molar-refractivity contribution in [3.8, 4) is 0 Å². The number of sulfonamides is 1. The number of halogens is 1. The van der Waals surface area contributed by atoms with Crippen LogP contribution < -0.4 is 10.5 Å². The minimum Gasteiger partial charge on any atom is -0.399 e. The van der Waals surface area contributed by atoms with Gasteiger partial charge in [0.2, 0.25) is 10.0 Å². The van der Waals surface area contributed by atoms with Gasteiger partial charge in [0.25, 0.3) is 0 Å². The van der Waals surface area contributed by atoms with Crippen molar-refractivity contribution in [2.45, 2.75) is 6.42 Å². The van der Waals surface area contributed by atoms with Gasteiger partial charge in [0.1, 0.15) is 5.82 Å². The zero-order valence-electron chi connectivity index (χ0n) is 10.7. The third-order valence-corrected chi connectivity index (χ3v) is 3.98. The van der Waals surface area contributed by atoms with Crippen molar-refractivity contribution >= 4 is 21.4 Å². The maximum atomic E-state index is 13.1. The average molecular weight is 294 g/mol. The van der Waals surface area contributed by atoms with Crippen LogP contribution in [0.2, 0.25) is 0 Å². The predicted molar refractivity (Wildman–Crippen MR) is 78.4 cm³/mol. The van der Waals surface area contributed by atoms with Crippen LogP contribution in [0.5, 0.6) is 0 Å². The Morgan fingerprint density at radius 3 is 2.45 bits per heavy atom. The van der Waals surface area contributed by atoms with E-state index in [1.54, 1.807) is 0 Å². The second kappa shape index (κ2) is 5.92. The third-order valence-electron chi connectivity index (χ3n) is 2.70. The molecular formula is C14H15FN2O2S. The van der Waals surface area contributed by atoms with E-state index in [9.17, 15) is 12.8 Å². The monoisotopic (exact) mass is 294 g/mol. The van der Waals surface area contributed by atoms with Gasteiger partial charge in [-0.3, -0.25) is 4.72 Å². The summed E-state index contributed by atoms with van der Waals surface area (Å²) in [7, 11) is -3.54. The number of nitrogens with one attached hydrogen (secondary N) is 1. The van der Waals surface area contributed by atoms with E-state index in [0.29, 0.717) is 6.42 Å². The molecule has 0 aliphatic heterocycles. The van der Waals surface area contributed by atoms with Crippen molar-refractivity contribution in [2.24, 2.45) is 0 Å². The Morgan fingerprint density at radius 1 is 1.10 bits per heavy atom. The molecule has 0 atom stereocenters. The van der Waals surface area contributed by atoms with E-state index in [1.807, 2.05) is 30.3 Å². The Labute approximate surface area is 117 Å². The van der Waals surface area contributed by atoms with Crippen LogP contribution in [0.25, 0.3) is 0 Å². The molecular weight excluding hydrogens is 279 g/mol. The summed E-state index contributed by atoms with van der Waals surface area (Å²) in [6, 6.07) is 12.9. The zero-order valence-corrected chi connectivity index (χ0v) is 11.5. The first-order valence-corrected chi connectivity index (χ1v) is 7.70. The van der Waals surface area contributed by atoms with Crippen molar-refractivity contribution < 1.29 is 12.8 Å². The lowest BCUT2D eigenvalue weighted by atomic mass is 10.2. The first-order valence-electron chi connectivity index (χ1n) is 6.05. The van der Waals surface area contributed by atoms with Crippen LogP contribution in [-0.2, 0) is 16.4 Å². The largest absolute Gasteiger partial charge is 0.399 e. The van der Waals surface area contributed by atoms with Crippen molar-refractivity contribution in [1.82, 2.24) is 0 Å². The van der Waals surface area contributed by atoms with Gasteiger partial charge in [-0.25, -0.2) is 12.8 Å². The third kappa shape index (κ3) is 4.24. The molecule has 0 saturated heterocycles. The summed E-state index contributed by atoms with van der Waals surface area (Å²) in [4.78, 5) is 0. The highest BCUT2D eigenvalue weighted by Gasteiger charge is 2.11. The number of aryl methyl sites for hydroxylation is 1. The topological polar surface area (TPSA) is 72.2 Å². The predicted octanol–water partition coefficient (Wildman–Crippen LogP) is 2.39. The van der Waals surface area contributed by atoms with Crippen molar-refractivity contribution in [1.29, 1.82) is 0 Å². The maximum Gasteiger partial charge on any atom is 0.233 e. The number of benzene rings is 2. The summed E-state index contributed by atoms with van der Waals surface area (Å²) >= 11 is 0. The number of rotatable bonds is 5. The number of nitrogens with two attached hydrogens (primary N) is 1. The number of nitrogen functional groups attached to an aromatic ring is 1. The van der Waals surface area contributed by atoms with Crippen molar-refractivity contribution in [3.63, 3.8) is 0 Å². The van der Waals surface area contributed by atoms with Crippen LogP contribution >= 0.6 is 0 Å². The molecule has 0 unspecified atom stereocenters. The van der Waals surface area contributed by atoms with Gasteiger partial charge in [-0.1, -0.05) is 30.3 Å². The molecule has 0 aliphatic rings. The molecule has 2 aromatic rings. The summed E-state index contributed by atoms with van der Waals surface area (Å²) in [5, 5.41) is 0. The molecule has 0 fully saturated rings. The van der Waals surface area contributed by atoms with Crippen LogP contribution in [0.15, 0.2) is 48.5 Å².